The summed E-state index contributed by atoms with van der Waals surface area (Å²) in [6.45, 7) is 9.59. The third kappa shape index (κ3) is 5.27. The van der Waals surface area contributed by atoms with Crippen LogP contribution in [0.25, 0.3) is 0 Å². The SMILES string of the molecule is CCCCCOc1ccc(C(=O)C([S+]2CCCC2)C(C)(C)C)cc1. The van der Waals surface area contributed by atoms with Gasteiger partial charge in [-0.05, 0) is 54.4 Å². The van der Waals surface area contributed by atoms with Gasteiger partial charge in [0.05, 0.1) is 6.61 Å². The molecule has 0 aromatic heterocycles. The molecule has 1 aliphatic rings. The van der Waals surface area contributed by atoms with E-state index in [1.807, 2.05) is 24.3 Å². The molecule has 1 atom stereocenters. The van der Waals surface area contributed by atoms with E-state index in [-0.39, 0.29) is 21.6 Å². The van der Waals surface area contributed by atoms with Gasteiger partial charge in [-0.1, -0.05) is 40.5 Å². The van der Waals surface area contributed by atoms with Crippen LogP contribution in [0.1, 0.15) is 70.2 Å². The van der Waals surface area contributed by atoms with Gasteiger partial charge in [0.15, 0.2) is 5.25 Å². The summed E-state index contributed by atoms with van der Waals surface area (Å²) < 4.78 is 5.76. The van der Waals surface area contributed by atoms with Crippen LogP contribution in [0.3, 0.4) is 0 Å². The maximum absolute atomic E-state index is 13.2. The molecule has 1 aliphatic heterocycles. The number of ketones is 1. The van der Waals surface area contributed by atoms with Crippen LogP contribution in [0.5, 0.6) is 5.75 Å². The first-order valence-electron chi connectivity index (χ1n) is 9.37. The molecule has 1 aromatic rings. The Labute approximate surface area is 150 Å². The van der Waals surface area contributed by atoms with E-state index in [9.17, 15) is 4.79 Å². The van der Waals surface area contributed by atoms with Crippen LogP contribution in [0.2, 0.25) is 0 Å². The number of ether oxygens (including phenoxy) is 1. The highest BCUT2D eigenvalue weighted by Crippen LogP contribution is 2.34. The van der Waals surface area contributed by atoms with Crippen LogP contribution in [0.15, 0.2) is 24.3 Å². The Morgan fingerprint density at radius 2 is 1.75 bits per heavy atom. The first-order valence-corrected chi connectivity index (χ1v) is 11.0. The maximum Gasteiger partial charge on any atom is 0.215 e. The number of Topliss-reactive ketones (excluding diaryl/α,β-unsaturated/α-hetero) is 1. The summed E-state index contributed by atoms with van der Waals surface area (Å²) in [5, 5.41) is 0.149. The molecule has 1 saturated heterocycles. The van der Waals surface area contributed by atoms with E-state index in [0.29, 0.717) is 5.78 Å². The minimum atomic E-state index is 0.0276. The fourth-order valence-corrected chi connectivity index (χ4v) is 6.63. The molecule has 1 fully saturated rings. The quantitative estimate of drug-likeness (QED) is 0.363. The molecule has 24 heavy (non-hydrogen) atoms. The number of carbonyl (C=O) groups is 1. The normalized spacial score (nSPS) is 17.0. The third-order valence-electron chi connectivity index (χ3n) is 4.58. The molecule has 0 radical (unpaired) electrons. The van der Waals surface area contributed by atoms with Gasteiger partial charge in [0.1, 0.15) is 17.3 Å². The molecule has 0 amide bonds. The Morgan fingerprint density at radius 1 is 1.12 bits per heavy atom. The van der Waals surface area contributed by atoms with E-state index in [2.05, 4.69) is 27.7 Å². The Balaban J connectivity index is 2.04. The van der Waals surface area contributed by atoms with Crippen LogP contribution >= 0.6 is 0 Å². The van der Waals surface area contributed by atoms with Gasteiger partial charge in [0.2, 0.25) is 5.78 Å². The minimum absolute atomic E-state index is 0.0276. The van der Waals surface area contributed by atoms with Crippen molar-refractivity contribution in [2.45, 2.75) is 65.0 Å². The Kier molecular flexibility index (Phi) is 7.21. The van der Waals surface area contributed by atoms with Gasteiger partial charge in [-0.3, -0.25) is 4.79 Å². The van der Waals surface area contributed by atoms with Crippen molar-refractivity contribution in [3.63, 3.8) is 0 Å². The molecule has 0 saturated carbocycles. The van der Waals surface area contributed by atoms with Gasteiger partial charge in [-0.15, -0.1) is 0 Å². The lowest BCUT2D eigenvalue weighted by atomic mass is 9.87. The van der Waals surface area contributed by atoms with Gasteiger partial charge in [-0.25, -0.2) is 0 Å². The molecule has 0 N–H and O–H groups in total. The zero-order valence-corrected chi connectivity index (χ0v) is 16.6. The Hall–Kier alpha value is -0.960. The highest BCUT2D eigenvalue weighted by Gasteiger charge is 2.46. The number of carbonyl (C=O) groups excluding carboxylic acids is 1. The smallest absolute Gasteiger partial charge is 0.215 e. The summed E-state index contributed by atoms with van der Waals surface area (Å²) in [5.74, 6) is 3.65. The van der Waals surface area contributed by atoms with Gasteiger partial charge in [0, 0.05) is 11.0 Å². The lowest BCUT2D eigenvalue weighted by Crippen LogP contribution is -2.42. The summed E-state index contributed by atoms with van der Waals surface area (Å²) in [5.41, 5.74) is 0.870. The molecule has 134 valence electrons. The third-order valence-corrected chi connectivity index (χ3v) is 7.79. The first-order chi connectivity index (χ1) is 11.4. The largest absolute Gasteiger partial charge is 0.494 e. The van der Waals surface area contributed by atoms with E-state index in [0.717, 1.165) is 24.3 Å². The Bertz CT molecular complexity index is 510. The fraction of sp³-hybridized carbons (Fsp3) is 0.667. The molecule has 0 aliphatic carbocycles. The summed E-state index contributed by atoms with van der Waals surface area (Å²) in [7, 11) is 0.242. The van der Waals surface area contributed by atoms with Crippen LogP contribution in [0, 0.1) is 5.41 Å². The van der Waals surface area contributed by atoms with E-state index in [1.165, 1.54) is 37.2 Å². The van der Waals surface area contributed by atoms with Crippen molar-refractivity contribution in [2.75, 3.05) is 18.1 Å². The minimum Gasteiger partial charge on any atom is -0.494 e. The van der Waals surface area contributed by atoms with Gasteiger partial charge >= 0.3 is 0 Å². The average molecular weight is 350 g/mol. The van der Waals surface area contributed by atoms with Gasteiger partial charge in [0.25, 0.3) is 0 Å². The number of benzene rings is 1. The lowest BCUT2D eigenvalue weighted by Gasteiger charge is -2.27. The molecular weight excluding hydrogens is 316 g/mol. The summed E-state index contributed by atoms with van der Waals surface area (Å²) in [4.78, 5) is 13.2. The lowest BCUT2D eigenvalue weighted by molar-refractivity contribution is 0.0949. The topological polar surface area (TPSA) is 26.3 Å². The molecule has 3 heteroatoms. The van der Waals surface area contributed by atoms with E-state index in [4.69, 9.17) is 4.74 Å². The van der Waals surface area contributed by atoms with Gasteiger partial charge < -0.3 is 4.74 Å². The van der Waals surface area contributed by atoms with E-state index < -0.39 is 0 Å². The van der Waals surface area contributed by atoms with Crippen molar-refractivity contribution in [3.05, 3.63) is 29.8 Å². The average Bonchev–Trinajstić information content (AvgIpc) is 3.04. The molecular formula is C21H33O2S+. The molecule has 1 unspecified atom stereocenters. The second-order valence-corrected chi connectivity index (χ2v) is 10.2. The molecule has 0 spiro atoms. The van der Waals surface area contributed by atoms with Crippen molar-refractivity contribution >= 4 is 16.7 Å². The number of hydrogen-bond acceptors (Lipinski definition) is 2. The second kappa shape index (κ2) is 8.94. The predicted molar refractivity (Wildman–Crippen MR) is 105 cm³/mol. The van der Waals surface area contributed by atoms with Crippen molar-refractivity contribution in [1.29, 1.82) is 0 Å². The number of rotatable bonds is 8. The summed E-state index contributed by atoms with van der Waals surface area (Å²) in [6.07, 6.45) is 6.06. The second-order valence-electron chi connectivity index (χ2n) is 7.84. The highest BCUT2D eigenvalue weighted by atomic mass is 32.2. The van der Waals surface area contributed by atoms with Crippen molar-refractivity contribution in [1.82, 2.24) is 0 Å². The molecule has 1 heterocycles. The van der Waals surface area contributed by atoms with Crippen LogP contribution < -0.4 is 4.74 Å². The van der Waals surface area contributed by atoms with E-state index in [1.54, 1.807) is 0 Å². The van der Waals surface area contributed by atoms with Crippen LogP contribution in [0.4, 0.5) is 0 Å². The standard InChI is InChI=1S/C21H33O2S/c1-5-6-7-14-23-18-12-10-17(11-13-18)19(22)20(21(2,3)4)24-15-8-9-16-24/h10-13,20H,5-9,14-16H2,1-4H3/q+1. The Morgan fingerprint density at radius 3 is 2.29 bits per heavy atom. The predicted octanol–water partition coefficient (Wildman–Crippen LogP) is 5.27. The monoisotopic (exact) mass is 349 g/mol. The molecule has 2 rings (SSSR count). The fourth-order valence-electron chi connectivity index (χ4n) is 3.37. The number of unbranched alkanes of at least 4 members (excludes halogenated alkanes) is 2. The maximum atomic E-state index is 13.2. The summed E-state index contributed by atoms with van der Waals surface area (Å²) >= 11 is 0. The first kappa shape index (κ1) is 19.4. The van der Waals surface area contributed by atoms with Crippen molar-refractivity contribution in [2.24, 2.45) is 5.41 Å². The van der Waals surface area contributed by atoms with Crippen LogP contribution in [-0.4, -0.2) is 29.1 Å². The molecule has 0 bridgehead atoms. The zero-order chi connectivity index (χ0) is 17.6. The molecule has 1 aromatic carbocycles. The van der Waals surface area contributed by atoms with Crippen molar-refractivity contribution in [3.8, 4) is 5.75 Å². The highest BCUT2D eigenvalue weighted by molar-refractivity contribution is 7.98. The van der Waals surface area contributed by atoms with Crippen molar-refractivity contribution < 1.29 is 9.53 Å². The van der Waals surface area contributed by atoms with Crippen LogP contribution in [-0.2, 0) is 10.9 Å². The zero-order valence-electron chi connectivity index (χ0n) is 15.8. The summed E-state index contributed by atoms with van der Waals surface area (Å²) in [6, 6.07) is 7.82. The van der Waals surface area contributed by atoms with Gasteiger partial charge in [-0.2, -0.15) is 0 Å². The van der Waals surface area contributed by atoms with E-state index >= 15 is 0 Å². The molecule has 2 nitrogen and oxygen atoms in total. The number of hydrogen-bond donors (Lipinski definition) is 0.